The van der Waals surface area contributed by atoms with E-state index in [2.05, 4.69) is 50.6 Å². The molecular formula is C11H10Br2. The van der Waals surface area contributed by atoms with Crippen LogP contribution in [0.5, 0.6) is 0 Å². The van der Waals surface area contributed by atoms with Crippen molar-refractivity contribution in [3.05, 3.63) is 53.0 Å². The Balaban J connectivity index is 2.95. The standard InChI is InChI=1S/C11H10Br2/c1-2-6-10(12)11(13)9-7-4-3-5-8-9/h2-5,7-8H,1,6H2/b11-10-. The molecule has 0 nitrogen and oxygen atoms in total. The third-order valence-corrected chi connectivity index (χ3v) is 3.78. The zero-order valence-corrected chi connectivity index (χ0v) is 10.3. The first-order valence-electron chi connectivity index (χ1n) is 3.96. The average molecular weight is 302 g/mol. The van der Waals surface area contributed by atoms with Gasteiger partial charge < -0.3 is 0 Å². The lowest BCUT2D eigenvalue weighted by atomic mass is 10.2. The highest BCUT2D eigenvalue weighted by molar-refractivity contribution is 9.16. The van der Waals surface area contributed by atoms with Gasteiger partial charge in [0, 0.05) is 8.96 Å². The topological polar surface area (TPSA) is 0 Å². The Kier molecular flexibility index (Phi) is 4.46. The molecule has 0 aliphatic carbocycles. The molecule has 0 bridgehead atoms. The summed E-state index contributed by atoms with van der Waals surface area (Å²) in [6.07, 6.45) is 2.71. The molecule has 1 rings (SSSR count). The van der Waals surface area contributed by atoms with Crippen LogP contribution in [0.15, 0.2) is 47.5 Å². The van der Waals surface area contributed by atoms with Crippen LogP contribution >= 0.6 is 31.9 Å². The number of halogens is 2. The molecular weight excluding hydrogens is 292 g/mol. The van der Waals surface area contributed by atoms with Gasteiger partial charge >= 0.3 is 0 Å². The molecule has 0 saturated heterocycles. The number of hydrogen-bond acceptors (Lipinski definition) is 0. The molecule has 0 aromatic heterocycles. The number of allylic oxidation sites excluding steroid dienone is 2. The maximum Gasteiger partial charge on any atom is 0.0352 e. The molecule has 0 N–H and O–H groups in total. The normalized spacial score (nSPS) is 12.2. The molecule has 1 aromatic carbocycles. The SMILES string of the molecule is C=CC/C(Br)=C(/Br)c1ccccc1. The molecule has 0 saturated carbocycles. The molecule has 0 heterocycles. The van der Waals surface area contributed by atoms with Crippen molar-refractivity contribution in [2.45, 2.75) is 6.42 Å². The molecule has 1 aromatic rings. The summed E-state index contributed by atoms with van der Waals surface area (Å²) >= 11 is 7.04. The van der Waals surface area contributed by atoms with E-state index in [4.69, 9.17) is 0 Å². The minimum atomic E-state index is 0.843. The van der Waals surface area contributed by atoms with E-state index in [1.807, 2.05) is 24.3 Å². The maximum atomic E-state index is 3.69. The van der Waals surface area contributed by atoms with Crippen molar-refractivity contribution in [3.63, 3.8) is 0 Å². The summed E-state index contributed by atoms with van der Waals surface area (Å²) in [6, 6.07) is 10.2. The van der Waals surface area contributed by atoms with E-state index in [-0.39, 0.29) is 0 Å². The molecule has 68 valence electrons. The summed E-state index contributed by atoms with van der Waals surface area (Å²) in [6.45, 7) is 3.69. The predicted octanol–water partition coefficient (Wildman–Crippen LogP) is 4.72. The van der Waals surface area contributed by atoms with Gasteiger partial charge in [-0.15, -0.1) is 6.58 Å². The van der Waals surface area contributed by atoms with Crippen LogP contribution in [-0.2, 0) is 0 Å². The van der Waals surface area contributed by atoms with Crippen LogP contribution in [0.1, 0.15) is 12.0 Å². The largest absolute Gasteiger partial charge is 0.103 e. The Labute approximate surface area is 95.6 Å². The van der Waals surface area contributed by atoms with Crippen molar-refractivity contribution in [2.75, 3.05) is 0 Å². The number of hydrogen-bond donors (Lipinski definition) is 0. The highest BCUT2D eigenvalue weighted by Crippen LogP contribution is 2.30. The maximum absolute atomic E-state index is 3.69. The molecule has 0 amide bonds. The monoisotopic (exact) mass is 300 g/mol. The van der Waals surface area contributed by atoms with Crippen molar-refractivity contribution in [2.24, 2.45) is 0 Å². The summed E-state index contributed by atoms with van der Waals surface area (Å²) in [5.41, 5.74) is 1.18. The smallest absolute Gasteiger partial charge is 0.0352 e. The molecule has 0 radical (unpaired) electrons. The molecule has 0 aliphatic heterocycles. The van der Waals surface area contributed by atoms with Gasteiger partial charge in [-0.1, -0.05) is 52.3 Å². The highest BCUT2D eigenvalue weighted by atomic mass is 79.9. The van der Waals surface area contributed by atoms with Crippen LogP contribution < -0.4 is 0 Å². The molecule has 0 aliphatic rings. The van der Waals surface area contributed by atoms with E-state index in [0.717, 1.165) is 15.4 Å². The fraction of sp³-hybridized carbons (Fsp3) is 0.0909. The third kappa shape index (κ3) is 3.12. The van der Waals surface area contributed by atoms with Gasteiger partial charge in [0.1, 0.15) is 0 Å². The van der Waals surface area contributed by atoms with E-state index in [1.165, 1.54) is 5.56 Å². The van der Waals surface area contributed by atoms with Crippen LogP contribution in [-0.4, -0.2) is 0 Å². The lowest BCUT2D eigenvalue weighted by Crippen LogP contribution is -1.78. The number of benzene rings is 1. The second kappa shape index (κ2) is 5.40. The third-order valence-electron chi connectivity index (χ3n) is 1.59. The summed E-state index contributed by atoms with van der Waals surface area (Å²) in [5, 5.41) is 0. The average Bonchev–Trinajstić information content (AvgIpc) is 2.18. The minimum absolute atomic E-state index is 0.843. The van der Waals surface area contributed by atoms with E-state index in [0.29, 0.717) is 0 Å². The quantitative estimate of drug-likeness (QED) is 0.709. The first-order chi connectivity index (χ1) is 6.25. The van der Waals surface area contributed by atoms with Gasteiger partial charge in [0.25, 0.3) is 0 Å². The fourth-order valence-corrected chi connectivity index (χ4v) is 1.84. The van der Waals surface area contributed by atoms with Gasteiger partial charge in [0.2, 0.25) is 0 Å². The fourth-order valence-electron chi connectivity index (χ4n) is 0.957. The lowest BCUT2D eigenvalue weighted by Gasteiger charge is -2.01. The first-order valence-corrected chi connectivity index (χ1v) is 5.54. The van der Waals surface area contributed by atoms with E-state index in [9.17, 15) is 0 Å². The summed E-state index contributed by atoms with van der Waals surface area (Å²) in [4.78, 5) is 0. The minimum Gasteiger partial charge on any atom is -0.103 e. The molecule has 0 unspecified atom stereocenters. The molecule has 0 fully saturated rings. The van der Waals surface area contributed by atoms with Gasteiger partial charge in [0.05, 0.1) is 0 Å². The Morgan fingerprint density at radius 3 is 2.38 bits per heavy atom. The van der Waals surface area contributed by atoms with Crippen molar-refractivity contribution in [1.29, 1.82) is 0 Å². The Hall–Kier alpha value is -0.340. The number of rotatable bonds is 3. The predicted molar refractivity (Wildman–Crippen MR) is 66.0 cm³/mol. The Morgan fingerprint density at radius 2 is 1.85 bits per heavy atom. The van der Waals surface area contributed by atoms with Crippen LogP contribution in [0, 0.1) is 0 Å². The lowest BCUT2D eigenvalue weighted by molar-refractivity contribution is 1.39. The summed E-state index contributed by atoms with van der Waals surface area (Å²) in [7, 11) is 0. The zero-order valence-electron chi connectivity index (χ0n) is 7.13. The molecule has 2 heteroatoms. The molecule has 13 heavy (non-hydrogen) atoms. The second-order valence-corrected chi connectivity index (χ2v) is 4.33. The van der Waals surface area contributed by atoms with Crippen LogP contribution in [0.4, 0.5) is 0 Å². The van der Waals surface area contributed by atoms with Crippen LogP contribution in [0.25, 0.3) is 4.48 Å². The van der Waals surface area contributed by atoms with Crippen molar-refractivity contribution < 1.29 is 0 Å². The first kappa shape index (κ1) is 10.7. The Morgan fingerprint density at radius 1 is 1.23 bits per heavy atom. The zero-order chi connectivity index (χ0) is 9.68. The van der Waals surface area contributed by atoms with Gasteiger partial charge in [-0.05, 0) is 27.9 Å². The Bertz CT molecular complexity index is 312. The van der Waals surface area contributed by atoms with Crippen molar-refractivity contribution >= 4 is 36.3 Å². The van der Waals surface area contributed by atoms with Crippen molar-refractivity contribution in [3.8, 4) is 0 Å². The van der Waals surface area contributed by atoms with Gasteiger partial charge in [-0.3, -0.25) is 0 Å². The van der Waals surface area contributed by atoms with E-state index >= 15 is 0 Å². The summed E-state index contributed by atoms with van der Waals surface area (Å²) in [5.74, 6) is 0. The van der Waals surface area contributed by atoms with Crippen LogP contribution in [0.2, 0.25) is 0 Å². The highest BCUT2D eigenvalue weighted by Gasteiger charge is 2.00. The van der Waals surface area contributed by atoms with E-state index in [1.54, 1.807) is 0 Å². The van der Waals surface area contributed by atoms with Crippen molar-refractivity contribution in [1.82, 2.24) is 0 Å². The van der Waals surface area contributed by atoms with Crippen LogP contribution in [0.3, 0.4) is 0 Å². The second-order valence-electron chi connectivity index (χ2n) is 2.58. The van der Waals surface area contributed by atoms with Gasteiger partial charge in [-0.25, -0.2) is 0 Å². The molecule has 0 spiro atoms. The molecule has 0 atom stereocenters. The summed E-state index contributed by atoms with van der Waals surface area (Å²) < 4.78 is 2.21. The van der Waals surface area contributed by atoms with Gasteiger partial charge in [0.15, 0.2) is 0 Å². The van der Waals surface area contributed by atoms with Gasteiger partial charge in [-0.2, -0.15) is 0 Å². The van der Waals surface area contributed by atoms with E-state index < -0.39 is 0 Å².